The molecule has 0 aromatic heterocycles. The van der Waals surface area contributed by atoms with Crippen molar-refractivity contribution >= 4 is 29.3 Å². The molecule has 3 aliphatic heterocycles. The number of hydrogen-bond donors (Lipinski definition) is 0. The van der Waals surface area contributed by atoms with Crippen LogP contribution >= 0.6 is 23.5 Å². The van der Waals surface area contributed by atoms with Crippen LogP contribution in [0.4, 0.5) is 0 Å². The minimum atomic E-state index is 0.616. The van der Waals surface area contributed by atoms with Crippen LogP contribution in [0.15, 0.2) is 71.6 Å². The largest absolute Gasteiger partial charge is 0.457 e. The van der Waals surface area contributed by atoms with Crippen LogP contribution in [0.25, 0.3) is 5.76 Å². The Hall–Kier alpha value is -2.10. The third-order valence-corrected chi connectivity index (χ3v) is 8.70. The van der Waals surface area contributed by atoms with Crippen LogP contribution < -0.4 is 4.74 Å². The highest BCUT2D eigenvalue weighted by Gasteiger charge is 2.23. The first kappa shape index (κ1) is 18.7. The standard InChI is InChI=1S/C27H24OS2/c1-2-4-25-18(3-1)9-10-26(28-25)21-6-7-22-14-24(17-30-27(22)15-21)19-5-8-23-16-29-12-11-20(23)13-19/h1-8,10,13,15,24H,9,11-12,14,16-17H2. The third kappa shape index (κ3) is 3.48. The summed E-state index contributed by atoms with van der Waals surface area (Å²) in [5.74, 6) is 6.21. The van der Waals surface area contributed by atoms with Gasteiger partial charge in [0.05, 0.1) is 0 Å². The van der Waals surface area contributed by atoms with E-state index in [0.717, 1.165) is 30.1 Å². The smallest absolute Gasteiger partial charge is 0.131 e. The van der Waals surface area contributed by atoms with E-state index in [4.69, 9.17) is 4.74 Å². The number of hydrogen-bond acceptors (Lipinski definition) is 3. The second kappa shape index (κ2) is 7.86. The number of benzene rings is 3. The highest BCUT2D eigenvalue weighted by atomic mass is 32.2. The van der Waals surface area contributed by atoms with Gasteiger partial charge in [-0.15, -0.1) is 11.8 Å². The molecule has 3 heteroatoms. The quantitative estimate of drug-likeness (QED) is 0.440. The molecule has 1 unspecified atom stereocenters. The van der Waals surface area contributed by atoms with Gasteiger partial charge in [0.2, 0.25) is 0 Å². The molecule has 0 saturated heterocycles. The second-order valence-corrected chi connectivity index (χ2v) is 10.5. The van der Waals surface area contributed by atoms with Crippen molar-refractivity contribution in [3.05, 3.63) is 100 Å². The van der Waals surface area contributed by atoms with E-state index in [9.17, 15) is 0 Å². The molecule has 0 radical (unpaired) electrons. The van der Waals surface area contributed by atoms with Gasteiger partial charge in [-0.3, -0.25) is 0 Å². The molecule has 1 nitrogen and oxygen atoms in total. The van der Waals surface area contributed by atoms with Gasteiger partial charge in [0.15, 0.2) is 0 Å². The molecule has 150 valence electrons. The average Bonchev–Trinajstić information content (AvgIpc) is 2.83. The number of aryl methyl sites for hydroxylation is 1. The Morgan fingerprint density at radius 2 is 1.80 bits per heavy atom. The number of allylic oxidation sites excluding steroid dienone is 1. The summed E-state index contributed by atoms with van der Waals surface area (Å²) in [4.78, 5) is 1.42. The Balaban J connectivity index is 1.23. The minimum Gasteiger partial charge on any atom is -0.457 e. The molecule has 3 aromatic rings. The van der Waals surface area contributed by atoms with E-state index in [1.54, 1.807) is 11.1 Å². The van der Waals surface area contributed by atoms with Gasteiger partial charge >= 0.3 is 0 Å². The number of para-hydroxylation sites is 1. The van der Waals surface area contributed by atoms with E-state index in [-0.39, 0.29) is 0 Å². The van der Waals surface area contributed by atoms with Crippen molar-refractivity contribution in [2.24, 2.45) is 0 Å². The van der Waals surface area contributed by atoms with Gasteiger partial charge in [0.25, 0.3) is 0 Å². The van der Waals surface area contributed by atoms with Crippen LogP contribution in [-0.4, -0.2) is 11.5 Å². The molecule has 0 spiro atoms. The van der Waals surface area contributed by atoms with Crippen LogP contribution in [0.1, 0.15) is 39.3 Å². The summed E-state index contributed by atoms with van der Waals surface area (Å²) in [6.07, 6.45) is 5.52. The lowest BCUT2D eigenvalue weighted by molar-refractivity contribution is 0.498. The summed E-state index contributed by atoms with van der Waals surface area (Å²) in [5, 5.41) is 0. The molecule has 30 heavy (non-hydrogen) atoms. The van der Waals surface area contributed by atoms with E-state index in [1.165, 1.54) is 45.1 Å². The maximum absolute atomic E-state index is 6.20. The van der Waals surface area contributed by atoms with Gasteiger partial charge in [-0.2, -0.15) is 11.8 Å². The lowest BCUT2D eigenvalue weighted by atomic mass is 9.90. The fourth-order valence-corrected chi connectivity index (χ4v) is 6.94. The predicted molar refractivity (Wildman–Crippen MR) is 129 cm³/mol. The van der Waals surface area contributed by atoms with Crippen molar-refractivity contribution in [1.29, 1.82) is 0 Å². The van der Waals surface area contributed by atoms with Crippen molar-refractivity contribution in [3.63, 3.8) is 0 Å². The summed E-state index contributed by atoms with van der Waals surface area (Å²) in [6, 6.07) is 22.5. The van der Waals surface area contributed by atoms with Crippen molar-refractivity contribution in [1.82, 2.24) is 0 Å². The van der Waals surface area contributed by atoms with Crippen molar-refractivity contribution < 1.29 is 4.74 Å². The molecule has 1 atom stereocenters. The highest BCUT2D eigenvalue weighted by molar-refractivity contribution is 7.99. The molecule has 0 aliphatic carbocycles. The Bertz CT molecular complexity index is 1150. The van der Waals surface area contributed by atoms with E-state index in [0.29, 0.717) is 5.92 Å². The van der Waals surface area contributed by atoms with Crippen molar-refractivity contribution in [3.8, 4) is 5.75 Å². The van der Waals surface area contributed by atoms with E-state index >= 15 is 0 Å². The molecule has 0 fully saturated rings. The van der Waals surface area contributed by atoms with E-state index < -0.39 is 0 Å². The van der Waals surface area contributed by atoms with Gasteiger partial charge in [-0.25, -0.2) is 0 Å². The lowest BCUT2D eigenvalue weighted by Gasteiger charge is -2.27. The van der Waals surface area contributed by atoms with Crippen LogP contribution in [0, 0.1) is 0 Å². The molecule has 6 rings (SSSR count). The summed E-state index contributed by atoms with van der Waals surface area (Å²) in [6.45, 7) is 0. The maximum atomic E-state index is 6.20. The van der Waals surface area contributed by atoms with E-state index in [2.05, 4.69) is 72.4 Å². The topological polar surface area (TPSA) is 9.23 Å². The molecule has 0 N–H and O–H groups in total. The Kier molecular flexibility index (Phi) is 4.89. The summed E-state index contributed by atoms with van der Waals surface area (Å²) in [7, 11) is 0. The number of thioether (sulfide) groups is 2. The Labute approximate surface area is 186 Å². The summed E-state index contributed by atoms with van der Waals surface area (Å²) >= 11 is 4.07. The Morgan fingerprint density at radius 3 is 2.80 bits per heavy atom. The molecule has 3 aliphatic rings. The maximum Gasteiger partial charge on any atom is 0.131 e. The second-order valence-electron chi connectivity index (χ2n) is 8.35. The number of rotatable bonds is 2. The van der Waals surface area contributed by atoms with Gasteiger partial charge in [-0.05, 0) is 77.0 Å². The Morgan fingerprint density at radius 1 is 0.867 bits per heavy atom. The molecule has 0 amide bonds. The normalized spacial score (nSPS) is 19.7. The fourth-order valence-electron chi connectivity index (χ4n) is 4.69. The van der Waals surface area contributed by atoms with Crippen LogP contribution in [0.3, 0.4) is 0 Å². The first-order valence-electron chi connectivity index (χ1n) is 10.7. The molecular formula is C27H24OS2. The molecule has 3 aromatic carbocycles. The third-order valence-electron chi connectivity index (χ3n) is 6.43. The molecule has 3 heterocycles. The fraction of sp³-hybridized carbons (Fsp3) is 0.259. The van der Waals surface area contributed by atoms with Gasteiger partial charge in [-0.1, -0.05) is 48.5 Å². The molecule has 0 bridgehead atoms. The van der Waals surface area contributed by atoms with Gasteiger partial charge < -0.3 is 4.74 Å². The van der Waals surface area contributed by atoms with Crippen LogP contribution in [0.2, 0.25) is 0 Å². The minimum absolute atomic E-state index is 0.616. The van der Waals surface area contributed by atoms with Gasteiger partial charge in [0, 0.05) is 22.0 Å². The van der Waals surface area contributed by atoms with E-state index in [1.807, 2.05) is 17.8 Å². The zero-order chi connectivity index (χ0) is 19.9. The molecular weight excluding hydrogens is 404 g/mol. The summed E-state index contributed by atoms with van der Waals surface area (Å²) in [5.41, 5.74) is 8.59. The van der Waals surface area contributed by atoms with Gasteiger partial charge in [0.1, 0.15) is 11.5 Å². The average molecular weight is 429 g/mol. The monoisotopic (exact) mass is 428 g/mol. The van der Waals surface area contributed by atoms with Crippen LogP contribution in [0.5, 0.6) is 5.75 Å². The highest BCUT2D eigenvalue weighted by Crippen LogP contribution is 2.40. The zero-order valence-electron chi connectivity index (χ0n) is 16.9. The van der Waals surface area contributed by atoms with Crippen molar-refractivity contribution in [2.45, 2.75) is 35.8 Å². The molecule has 0 saturated carbocycles. The first-order valence-corrected chi connectivity index (χ1v) is 12.9. The lowest BCUT2D eigenvalue weighted by Crippen LogP contribution is -2.13. The van der Waals surface area contributed by atoms with Crippen molar-refractivity contribution in [2.75, 3.05) is 11.5 Å². The summed E-state index contributed by atoms with van der Waals surface area (Å²) < 4.78 is 6.20. The first-order chi connectivity index (χ1) is 14.8. The number of ether oxygens (including phenoxy) is 1. The zero-order valence-corrected chi connectivity index (χ0v) is 18.5. The number of fused-ring (bicyclic) bond motifs is 3. The SMILES string of the molecule is C1=C(c2ccc3c(c2)SCC(c2ccc4c(c2)CCSC4)C3)Oc2ccccc2C1. The predicted octanol–water partition coefficient (Wildman–Crippen LogP) is 6.88. The van der Waals surface area contributed by atoms with Crippen LogP contribution in [-0.2, 0) is 25.0 Å².